The Morgan fingerprint density at radius 2 is 1.82 bits per heavy atom. The highest BCUT2D eigenvalue weighted by atomic mass is 79.9. The number of nitrogens with one attached hydrogen (secondary N) is 1. The Kier molecular flexibility index (Phi) is 5.17. The molecule has 1 aromatic carbocycles. The zero-order valence-corrected chi connectivity index (χ0v) is 12.6. The Balaban J connectivity index is 2.75. The lowest BCUT2D eigenvalue weighted by atomic mass is 9.97. The molecule has 0 heterocycles. The molecular weight excluding hydrogens is 278 g/mol. The molecule has 0 bridgehead atoms. The van der Waals surface area contributed by atoms with E-state index in [1.807, 2.05) is 20.8 Å². The predicted octanol–water partition coefficient (Wildman–Crippen LogP) is 3.65. The molecule has 0 saturated carbocycles. The largest absolute Gasteiger partial charge is 0.389 e. The van der Waals surface area contributed by atoms with E-state index in [9.17, 15) is 5.11 Å². The molecule has 0 fully saturated rings. The Bertz CT molecular complexity index is 342. The van der Waals surface area contributed by atoms with Crippen molar-refractivity contribution in [1.29, 1.82) is 0 Å². The molecular formula is C14H22BrNO. The van der Waals surface area contributed by atoms with Gasteiger partial charge in [-0.15, -0.1) is 0 Å². The van der Waals surface area contributed by atoms with Crippen LogP contribution in [0.15, 0.2) is 28.7 Å². The van der Waals surface area contributed by atoms with E-state index >= 15 is 0 Å². The molecule has 0 radical (unpaired) electrons. The van der Waals surface area contributed by atoms with Crippen LogP contribution in [0.3, 0.4) is 0 Å². The monoisotopic (exact) mass is 299 g/mol. The highest BCUT2D eigenvalue weighted by Crippen LogP contribution is 2.21. The first kappa shape index (κ1) is 14.7. The van der Waals surface area contributed by atoms with E-state index in [0.717, 1.165) is 10.9 Å². The van der Waals surface area contributed by atoms with Crippen molar-refractivity contribution in [2.24, 2.45) is 0 Å². The number of rotatable bonds is 5. The van der Waals surface area contributed by atoms with Crippen LogP contribution in [0.5, 0.6) is 0 Å². The molecule has 3 heteroatoms. The molecule has 1 aromatic rings. The first-order valence-electron chi connectivity index (χ1n) is 6.08. The van der Waals surface area contributed by atoms with Gasteiger partial charge in [0.2, 0.25) is 0 Å². The summed E-state index contributed by atoms with van der Waals surface area (Å²) in [6.07, 6.45) is 1.00. The van der Waals surface area contributed by atoms with Gasteiger partial charge in [0, 0.05) is 16.6 Å². The summed E-state index contributed by atoms with van der Waals surface area (Å²) < 4.78 is 1.09. The van der Waals surface area contributed by atoms with Gasteiger partial charge in [0.25, 0.3) is 0 Å². The van der Waals surface area contributed by atoms with E-state index in [2.05, 4.69) is 52.4 Å². The van der Waals surface area contributed by atoms with E-state index < -0.39 is 5.60 Å². The number of hydrogen-bond donors (Lipinski definition) is 2. The lowest BCUT2D eigenvalue weighted by Crippen LogP contribution is -2.45. The van der Waals surface area contributed by atoms with E-state index in [-0.39, 0.29) is 12.1 Å². The number of aliphatic hydroxyl groups is 1. The van der Waals surface area contributed by atoms with Gasteiger partial charge in [-0.1, -0.05) is 35.0 Å². The Morgan fingerprint density at radius 3 is 2.24 bits per heavy atom. The molecule has 0 amide bonds. The van der Waals surface area contributed by atoms with Crippen molar-refractivity contribution in [2.75, 3.05) is 0 Å². The number of halogens is 1. The number of hydrogen-bond acceptors (Lipinski definition) is 2. The summed E-state index contributed by atoms with van der Waals surface area (Å²) in [6, 6.07) is 8.66. The second kappa shape index (κ2) is 5.98. The molecule has 2 nitrogen and oxygen atoms in total. The van der Waals surface area contributed by atoms with Crippen molar-refractivity contribution < 1.29 is 5.11 Å². The van der Waals surface area contributed by atoms with Crippen molar-refractivity contribution in [3.63, 3.8) is 0 Å². The van der Waals surface area contributed by atoms with Crippen molar-refractivity contribution in [1.82, 2.24) is 5.32 Å². The van der Waals surface area contributed by atoms with Crippen LogP contribution in [0.2, 0.25) is 0 Å². The molecule has 0 aromatic heterocycles. The Morgan fingerprint density at radius 1 is 1.29 bits per heavy atom. The third kappa shape index (κ3) is 4.41. The van der Waals surface area contributed by atoms with E-state index in [1.165, 1.54) is 5.56 Å². The second-order valence-electron chi connectivity index (χ2n) is 5.05. The molecule has 0 spiro atoms. The maximum atomic E-state index is 9.95. The average molecular weight is 300 g/mol. The number of benzene rings is 1. The van der Waals surface area contributed by atoms with Crippen LogP contribution in [-0.4, -0.2) is 16.7 Å². The Hall–Kier alpha value is -0.380. The zero-order valence-electron chi connectivity index (χ0n) is 11.0. The van der Waals surface area contributed by atoms with Crippen molar-refractivity contribution in [3.8, 4) is 0 Å². The predicted molar refractivity (Wildman–Crippen MR) is 76.1 cm³/mol. The highest BCUT2D eigenvalue weighted by molar-refractivity contribution is 9.10. The summed E-state index contributed by atoms with van der Waals surface area (Å²) >= 11 is 3.44. The van der Waals surface area contributed by atoms with Gasteiger partial charge in [-0.25, -0.2) is 0 Å². The van der Waals surface area contributed by atoms with Crippen molar-refractivity contribution in [3.05, 3.63) is 34.3 Å². The SMILES string of the molecule is CCC(NC(C)C(C)(C)O)c1ccc(Br)cc1. The van der Waals surface area contributed by atoms with Gasteiger partial charge >= 0.3 is 0 Å². The fourth-order valence-electron chi connectivity index (χ4n) is 1.65. The third-order valence-electron chi connectivity index (χ3n) is 3.19. The van der Waals surface area contributed by atoms with Gasteiger partial charge in [-0.2, -0.15) is 0 Å². The fraction of sp³-hybridized carbons (Fsp3) is 0.571. The van der Waals surface area contributed by atoms with Gasteiger partial charge in [0.05, 0.1) is 5.60 Å². The third-order valence-corrected chi connectivity index (χ3v) is 3.72. The molecule has 2 N–H and O–H groups in total. The summed E-state index contributed by atoms with van der Waals surface area (Å²) in [7, 11) is 0. The first-order valence-corrected chi connectivity index (χ1v) is 6.87. The molecule has 1 rings (SSSR count). The molecule has 96 valence electrons. The summed E-state index contributed by atoms with van der Waals surface area (Å²) in [6.45, 7) is 7.83. The molecule has 0 aliphatic heterocycles. The molecule has 0 aliphatic carbocycles. The Labute approximate surface area is 113 Å². The van der Waals surface area contributed by atoms with Crippen LogP contribution < -0.4 is 5.32 Å². The average Bonchev–Trinajstić information content (AvgIpc) is 2.25. The van der Waals surface area contributed by atoms with Crippen LogP contribution in [-0.2, 0) is 0 Å². The second-order valence-corrected chi connectivity index (χ2v) is 5.97. The fourth-order valence-corrected chi connectivity index (χ4v) is 1.91. The quantitative estimate of drug-likeness (QED) is 0.870. The maximum Gasteiger partial charge on any atom is 0.0741 e. The molecule has 17 heavy (non-hydrogen) atoms. The van der Waals surface area contributed by atoms with Crippen LogP contribution in [0.25, 0.3) is 0 Å². The van der Waals surface area contributed by atoms with Crippen molar-refractivity contribution >= 4 is 15.9 Å². The van der Waals surface area contributed by atoms with E-state index in [4.69, 9.17) is 0 Å². The van der Waals surface area contributed by atoms with Crippen LogP contribution in [0, 0.1) is 0 Å². The topological polar surface area (TPSA) is 32.3 Å². The smallest absolute Gasteiger partial charge is 0.0741 e. The van der Waals surface area contributed by atoms with Crippen LogP contribution in [0.4, 0.5) is 0 Å². The van der Waals surface area contributed by atoms with E-state index in [1.54, 1.807) is 0 Å². The van der Waals surface area contributed by atoms with E-state index in [0.29, 0.717) is 0 Å². The molecule has 2 atom stereocenters. The first-order chi connectivity index (χ1) is 7.84. The van der Waals surface area contributed by atoms with Crippen LogP contribution in [0.1, 0.15) is 45.7 Å². The van der Waals surface area contributed by atoms with Crippen molar-refractivity contribution in [2.45, 2.75) is 51.8 Å². The lowest BCUT2D eigenvalue weighted by molar-refractivity contribution is 0.0395. The van der Waals surface area contributed by atoms with Crippen LogP contribution >= 0.6 is 15.9 Å². The summed E-state index contributed by atoms with van der Waals surface area (Å²) in [4.78, 5) is 0. The maximum absolute atomic E-state index is 9.95. The standard InChI is InChI=1S/C14H22BrNO/c1-5-13(16-10(2)14(3,4)17)11-6-8-12(15)9-7-11/h6-10,13,16-17H,5H2,1-4H3. The zero-order chi connectivity index (χ0) is 13.1. The molecule has 2 unspecified atom stereocenters. The minimum Gasteiger partial charge on any atom is -0.389 e. The van der Waals surface area contributed by atoms with Gasteiger partial charge < -0.3 is 10.4 Å². The summed E-state index contributed by atoms with van der Waals surface area (Å²) in [5.74, 6) is 0. The summed E-state index contributed by atoms with van der Waals surface area (Å²) in [5, 5.41) is 13.4. The molecule has 0 saturated heterocycles. The minimum absolute atomic E-state index is 0.0519. The highest BCUT2D eigenvalue weighted by Gasteiger charge is 2.24. The minimum atomic E-state index is -0.706. The summed E-state index contributed by atoms with van der Waals surface area (Å²) in [5.41, 5.74) is 0.551. The molecule has 0 aliphatic rings. The lowest BCUT2D eigenvalue weighted by Gasteiger charge is -2.31. The van der Waals surface area contributed by atoms with Gasteiger partial charge in [0.1, 0.15) is 0 Å². The normalized spacial score (nSPS) is 15.6. The van der Waals surface area contributed by atoms with Gasteiger partial charge in [0.15, 0.2) is 0 Å². The van der Waals surface area contributed by atoms with Gasteiger partial charge in [-0.05, 0) is 44.9 Å². The van der Waals surface area contributed by atoms with Gasteiger partial charge in [-0.3, -0.25) is 0 Å².